The maximum absolute atomic E-state index is 10.8. The van der Waals surface area contributed by atoms with Gasteiger partial charge in [-0.25, -0.2) is 0 Å². The Morgan fingerprint density at radius 3 is 2.71 bits per heavy atom. The normalized spacial score (nSPS) is 10.3. The SMILES string of the molecule is CCCCCc1c(OC)cc(C=O)c(O)c1Br. The molecule has 0 aromatic heterocycles. The Morgan fingerprint density at radius 1 is 1.47 bits per heavy atom. The van der Waals surface area contributed by atoms with Gasteiger partial charge in [-0.2, -0.15) is 0 Å². The molecule has 0 fully saturated rings. The molecular weight excluding hydrogens is 284 g/mol. The molecule has 0 radical (unpaired) electrons. The molecule has 1 N–H and O–H groups in total. The van der Waals surface area contributed by atoms with Crippen molar-refractivity contribution in [2.75, 3.05) is 7.11 Å². The van der Waals surface area contributed by atoms with Crippen molar-refractivity contribution >= 4 is 22.2 Å². The van der Waals surface area contributed by atoms with Crippen LogP contribution in [0.5, 0.6) is 11.5 Å². The Bertz CT molecular complexity index is 402. The van der Waals surface area contributed by atoms with E-state index in [0.717, 1.165) is 31.2 Å². The number of carbonyl (C=O) groups excluding carboxylic acids is 1. The van der Waals surface area contributed by atoms with Crippen molar-refractivity contribution in [1.29, 1.82) is 0 Å². The topological polar surface area (TPSA) is 46.5 Å². The summed E-state index contributed by atoms with van der Waals surface area (Å²) in [5, 5.41) is 9.82. The van der Waals surface area contributed by atoms with E-state index in [9.17, 15) is 9.90 Å². The average Bonchev–Trinajstić information content (AvgIpc) is 2.35. The number of hydrogen-bond acceptors (Lipinski definition) is 3. The smallest absolute Gasteiger partial charge is 0.153 e. The second-order valence-electron chi connectivity index (χ2n) is 3.88. The van der Waals surface area contributed by atoms with E-state index >= 15 is 0 Å². The third kappa shape index (κ3) is 3.22. The summed E-state index contributed by atoms with van der Waals surface area (Å²) >= 11 is 3.33. The number of carbonyl (C=O) groups is 1. The first-order valence-electron chi connectivity index (χ1n) is 5.69. The molecule has 0 unspecified atom stereocenters. The zero-order chi connectivity index (χ0) is 12.8. The highest BCUT2D eigenvalue weighted by Gasteiger charge is 2.15. The Hall–Kier alpha value is -1.03. The quantitative estimate of drug-likeness (QED) is 0.643. The number of hydrogen-bond donors (Lipinski definition) is 1. The van der Waals surface area contributed by atoms with Crippen LogP contribution in [0.4, 0.5) is 0 Å². The third-order valence-corrected chi connectivity index (χ3v) is 3.56. The van der Waals surface area contributed by atoms with Gasteiger partial charge in [0.25, 0.3) is 0 Å². The summed E-state index contributed by atoms with van der Waals surface area (Å²) in [5.41, 5.74) is 1.16. The molecule has 17 heavy (non-hydrogen) atoms. The molecule has 0 aliphatic rings. The van der Waals surface area contributed by atoms with Crippen molar-refractivity contribution in [1.82, 2.24) is 0 Å². The number of aromatic hydroxyl groups is 1. The minimum absolute atomic E-state index is 0.00713. The molecule has 94 valence electrons. The van der Waals surface area contributed by atoms with E-state index in [4.69, 9.17) is 4.74 Å². The maximum Gasteiger partial charge on any atom is 0.153 e. The first kappa shape index (κ1) is 14.0. The maximum atomic E-state index is 10.8. The van der Waals surface area contributed by atoms with Crippen LogP contribution < -0.4 is 4.74 Å². The van der Waals surface area contributed by atoms with Gasteiger partial charge in [0.05, 0.1) is 17.1 Å². The lowest BCUT2D eigenvalue weighted by atomic mass is 10.0. The number of phenolic OH excluding ortho intramolecular Hbond substituents is 1. The van der Waals surface area contributed by atoms with Gasteiger partial charge in [-0.3, -0.25) is 4.79 Å². The fourth-order valence-electron chi connectivity index (χ4n) is 1.73. The number of halogens is 1. The van der Waals surface area contributed by atoms with Gasteiger partial charge in [0.1, 0.15) is 11.5 Å². The molecule has 0 saturated carbocycles. The average molecular weight is 301 g/mol. The molecular formula is C13H17BrO3. The van der Waals surface area contributed by atoms with Crippen molar-refractivity contribution in [3.63, 3.8) is 0 Å². The molecule has 0 aliphatic heterocycles. The molecule has 4 heteroatoms. The minimum Gasteiger partial charge on any atom is -0.506 e. The van der Waals surface area contributed by atoms with E-state index in [0.29, 0.717) is 16.5 Å². The first-order valence-corrected chi connectivity index (χ1v) is 6.48. The van der Waals surface area contributed by atoms with Gasteiger partial charge in [0.15, 0.2) is 6.29 Å². The van der Waals surface area contributed by atoms with Crippen LogP contribution in [0.15, 0.2) is 10.5 Å². The summed E-state index contributed by atoms with van der Waals surface area (Å²) < 4.78 is 5.82. The summed E-state index contributed by atoms with van der Waals surface area (Å²) in [6.45, 7) is 2.14. The summed E-state index contributed by atoms with van der Waals surface area (Å²) in [7, 11) is 1.57. The van der Waals surface area contributed by atoms with E-state index in [1.165, 1.54) is 0 Å². The predicted molar refractivity (Wildman–Crippen MR) is 71.0 cm³/mol. The van der Waals surface area contributed by atoms with Crippen LogP contribution in [-0.4, -0.2) is 18.5 Å². The van der Waals surface area contributed by atoms with Crippen molar-refractivity contribution in [3.8, 4) is 11.5 Å². The van der Waals surface area contributed by atoms with Crippen LogP contribution in [0.25, 0.3) is 0 Å². The van der Waals surface area contributed by atoms with E-state index in [2.05, 4.69) is 22.9 Å². The van der Waals surface area contributed by atoms with Gasteiger partial charge < -0.3 is 9.84 Å². The van der Waals surface area contributed by atoms with Crippen LogP contribution in [-0.2, 0) is 6.42 Å². The number of unbranched alkanes of at least 4 members (excludes halogenated alkanes) is 2. The van der Waals surface area contributed by atoms with E-state index < -0.39 is 0 Å². The van der Waals surface area contributed by atoms with Crippen molar-refractivity contribution in [3.05, 3.63) is 21.7 Å². The lowest BCUT2D eigenvalue weighted by Crippen LogP contribution is -1.97. The Morgan fingerprint density at radius 2 is 2.18 bits per heavy atom. The highest BCUT2D eigenvalue weighted by molar-refractivity contribution is 9.10. The van der Waals surface area contributed by atoms with Crippen LogP contribution in [0.2, 0.25) is 0 Å². The summed E-state index contributed by atoms with van der Waals surface area (Å²) in [4.78, 5) is 10.8. The minimum atomic E-state index is -0.00713. The second-order valence-corrected chi connectivity index (χ2v) is 4.68. The Labute approximate surface area is 110 Å². The highest BCUT2D eigenvalue weighted by atomic mass is 79.9. The van der Waals surface area contributed by atoms with Gasteiger partial charge in [0, 0.05) is 5.56 Å². The zero-order valence-corrected chi connectivity index (χ0v) is 11.7. The largest absolute Gasteiger partial charge is 0.506 e. The lowest BCUT2D eigenvalue weighted by molar-refractivity contribution is 0.112. The van der Waals surface area contributed by atoms with Crippen molar-refractivity contribution in [2.45, 2.75) is 32.6 Å². The molecule has 0 heterocycles. The zero-order valence-electron chi connectivity index (χ0n) is 10.1. The van der Waals surface area contributed by atoms with Gasteiger partial charge >= 0.3 is 0 Å². The highest BCUT2D eigenvalue weighted by Crippen LogP contribution is 2.38. The van der Waals surface area contributed by atoms with E-state index in [1.807, 2.05) is 0 Å². The van der Waals surface area contributed by atoms with Crippen molar-refractivity contribution in [2.24, 2.45) is 0 Å². The second kappa shape index (κ2) is 6.64. The van der Waals surface area contributed by atoms with Crippen LogP contribution in [0, 0.1) is 0 Å². The van der Waals surface area contributed by atoms with E-state index in [1.54, 1.807) is 13.2 Å². The summed E-state index contributed by atoms with van der Waals surface area (Å²) in [5.74, 6) is 0.639. The number of rotatable bonds is 6. The molecule has 1 rings (SSSR count). The first-order chi connectivity index (χ1) is 8.15. The number of ether oxygens (including phenoxy) is 1. The summed E-state index contributed by atoms with van der Waals surface area (Å²) in [6.07, 6.45) is 4.75. The standard InChI is InChI=1S/C13H17BrO3/c1-3-4-5-6-10-11(17-2)7-9(8-15)13(16)12(10)14/h7-8,16H,3-6H2,1-2H3. The van der Waals surface area contributed by atoms with Gasteiger partial charge in [-0.15, -0.1) is 0 Å². The summed E-state index contributed by atoms with van der Waals surface area (Å²) in [6, 6.07) is 1.58. The van der Waals surface area contributed by atoms with Crippen LogP contribution in [0.3, 0.4) is 0 Å². The fourth-order valence-corrected chi connectivity index (χ4v) is 2.35. The molecule has 3 nitrogen and oxygen atoms in total. The lowest BCUT2D eigenvalue weighted by Gasteiger charge is -2.13. The van der Waals surface area contributed by atoms with Crippen molar-refractivity contribution < 1.29 is 14.6 Å². The molecule has 1 aromatic carbocycles. The van der Waals surface area contributed by atoms with Gasteiger partial charge in [-0.05, 0) is 34.8 Å². The fraction of sp³-hybridized carbons (Fsp3) is 0.462. The molecule has 0 atom stereocenters. The van der Waals surface area contributed by atoms with Gasteiger partial charge in [-0.1, -0.05) is 19.8 Å². The van der Waals surface area contributed by atoms with Crippen LogP contribution in [0.1, 0.15) is 42.1 Å². The molecule has 0 spiro atoms. The molecule has 0 bridgehead atoms. The Kier molecular flexibility index (Phi) is 5.48. The third-order valence-electron chi connectivity index (χ3n) is 2.71. The number of methoxy groups -OCH3 is 1. The van der Waals surface area contributed by atoms with E-state index in [-0.39, 0.29) is 11.3 Å². The molecule has 0 amide bonds. The molecule has 0 aliphatic carbocycles. The molecule has 1 aromatic rings. The Balaban J connectivity index is 3.09. The number of phenols is 1. The number of benzene rings is 1. The molecule has 0 saturated heterocycles. The van der Waals surface area contributed by atoms with Crippen LogP contribution >= 0.6 is 15.9 Å². The predicted octanol–water partition coefficient (Wildman–Crippen LogP) is 3.71. The van der Waals surface area contributed by atoms with Gasteiger partial charge in [0.2, 0.25) is 0 Å². The number of aldehydes is 1. The monoisotopic (exact) mass is 300 g/mol.